The van der Waals surface area contributed by atoms with Gasteiger partial charge in [-0.15, -0.1) is 0 Å². The summed E-state index contributed by atoms with van der Waals surface area (Å²) in [6.07, 6.45) is 3.99. The van der Waals surface area contributed by atoms with Gasteiger partial charge in [-0.25, -0.2) is 4.98 Å². The Balaban J connectivity index is 1.67. The van der Waals surface area contributed by atoms with Crippen LogP contribution in [0.2, 0.25) is 0 Å². The summed E-state index contributed by atoms with van der Waals surface area (Å²) in [6.45, 7) is 3.46. The van der Waals surface area contributed by atoms with E-state index in [1.165, 1.54) is 5.56 Å². The summed E-state index contributed by atoms with van der Waals surface area (Å²) in [4.78, 5) is 4.33. The predicted molar refractivity (Wildman–Crippen MR) is 60.9 cm³/mol. The summed E-state index contributed by atoms with van der Waals surface area (Å²) in [6, 6.07) is 2.03. The topological polar surface area (TPSA) is 43.4 Å². The van der Waals surface area contributed by atoms with Crippen LogP contribution in [-0.2, 0) is 11.2 Å². The lowest BCUT2D eigenvalue weighted by atomic mass is 10.1. The maximum atomic E-state index is 5.59. The summed E-state index contributed by atoms with van der Waals surface area (Å²) in [5.41, 5.74) is 1.26. The van der Waals surface area contributed by atoms with E-state index in [0.717, 1.165) is 50.8 Å². The third-order valence-electron chi connectivity index (χ3n) is 3.19. The van der Waals surface area contributed by atoms with Crippen molar-refractivity contribution in [2.75, 3.05) is 31.7 Å². The van der Waals surface area contributed by atoms with Gasteiger partial charge in [0.1, 0.15) is 0 Å². The van der Waals surface area contributed by atoms with E-state index in [1.54, 1.807) is 0 Å². The molecule has 1 fully saturated rings. The predicted octanol–water partition coefficient (Wildman–Crippen LogP) is 1.46. The van der Waals surface area contributed by atoms with Crippen LogP contribution in [0.5, 0.6) is 5.75 Å². The van der Waals surface area contributed by atoms with E-state index in [9.17, 15) is 0 Å². The molecule has 0 aliphatic carbocycles. The zero-order chi connectivity index (χ0) is 10.8. The molecule has 3 rings (SSSR count). The second kappa shape index (κ2) is 4.29. The minimum absolute atomic E-state index is 0.610. The van der Waals surface area contributed by atoms with Crippen LogP contribution in [0.4, 0.5) is 5.82 Å². The molecule has 1 atom stereocenters. The maximum Gasteiger partial charge on any atom is 0.169 e. The van der Waals surface area contributed by atoms with Gasteiger partial charge in [-0.2, -0.15) is 0 Å². The third kappa shape index (κ3) is 1.85. The van der Waals surface area contributed by atoms with Crippen molar-refractivity contribution in [2.45, 2.75) is 12.8 Å². The van der Waals surface area contributed by atoms with Gasteiger partial charge in [-0.3, -0.25) is 0 Å². The largest absolute Gasteiger partial charge is 0.489 e. The number of anilines is 1. The van der Waals surface area contributed by atoms with Crippen molar-refractivity contribution in [1.82, 2.24) is 4.98 Å². The van der Waals surface area contributed by atoms with Crippen molar-refractivity contribution in [3.63, 3.8) is 0 Å². The van der Waals surface area contributed by atoms with Crippen LogP contribution >= 0.6 is 0 Å². The maximum absolute atomic E-state index is 5.59. The fraction of sp³-hybridized carbons (Fsp3) is 0.583. The van der Waals surface area contributed by atoms with E-state index in [1.807, 2.05) is 12.3 Å². The van der Waals surface area contributed by atoms with E-state index < -0.39 is 0 Å². The second-order valence-electron chi connectivity index (χ2n) is 4.36. The van der Waals surface area contributed by atoms with E-state index in [0.29, 0.717) is 5.92 Å². The van der Waals surface area contributed by atoms with Crippen LogP contribution in [0.15, 0.2) is 12.3 Å². The van der Waals surface area contributed by atoms with Gasteiger partial charge in [-0.1, -0.05) is 0 Å². The molecule has 1 aromatic heterocycles. The molecule has 16 heavy (non-hydrogen) atoms. The molecule has 4 nitrogen and oxygen atoms in total. The first-order valence-electron chi connectivity index (χ1n) is 5.86. The molecular weight excluding hydrogens is 204 g/mol. The Kier molecular flexibility index (Phi) is 2.66. The van der Waals surface area contributed by atoms with Crippen LogP contribution in [-0.4, -0.2) is 31.3 Å². The van der Waals surface area contributed by atoms with Crippen LogP contribution in [0.3, 0.4) is 0 Å². The first-order chi connectivity index (χ1) is 7.93. The molecule has 0 saturated carbocycles. The second-order valence-corrected chi connectivity index (χ2v) is 4.36. The van der Waals surface area contributed by atoms with Crippen LogP contribution in [0.25, 0.3) is 0 Å². The lowest BCUT2D eigenvalue weighted by Gasteiger charge is -2.12. The van der Waals surface area contributed by atoms with Crippen LogP contribution in [0, 0.1) is 5.92 Å². The van der Waals surface area contributed by atoms with Crippen LogP contribution < -0.4 is 10.1 Å². The molecule has 2 aliphatic heterocycles. The minimum Gasteiger partial charge on any atom is -0.489 e. The standard InChI is InChI=1S/C12H16N2O2/c1-4-13-12(11-10(1)3-6-16-11)14-7-9-2-5-15-8-9/h1,4,9H,2-3,5-8H2,(H,13,14). The van der Waals surface area contributed by atoms with Gasteiger partial charge in [0.2, 0.25) is 0 Å². The van der Waals surface area contributed by atoms with Gasteiger partial charge in [0.05, 0.1) is 13.2 Å². The van der Waals surface area contributed by atoms with Gasteiger partial charge in [-0.05, 0) is 12.5 Å². The van der Waals surface area contributed by atoms with Gasteiger partial charge < -0.3 is 14.8 Å². The van der Waals surface area contributed by atoms with E-state index in [2.05, 4.69) is 10.3 Å². The lowest BCUT2D eigenvalue weighted by molar-refractivity contribution is 0.187. The number of fused-ring (bicyclic) bond motifs is 1. The molecule has 2 aliphatic rings. The lowest BCUT2D eigenvalue weighted by Crippen LogP contribution is -2.15. The summed E-state index contributed by atoms with van der Waals surface area (Å²) in [5.74, 6) is 2.45. The Bertz CT molecular complexity index is 375. The third-order valence-corrected chi connectivity index (χ3v) is 3.19. The quantitative estimate of drug-likeness (QED) is 0.837. The highest BCUT2D eigenvalue weighted by Gasteiger charge is 2.19. The summed E-state index contributed by atoms with van der Waals surface area (Å²) in [5, 5.41) is 3.37. The smallest absolute Gasteiger partial charge is 0.169 e. The molecule has 0 amide bonds. The molecule has 3 heterocycles. The molecule has 1 aromatic rings. The molecule has 1 N–H and O–H groups in total. The van der Waals surface area contributed by atoms with Gasteiger partial charge in [0.15, 0.2) is 11.6 Å². The Morgan fingerprint density at radius 2 is 2.44 bits per heavy atom. The molecule has 0 aromatic carbocycles. The first kappa shape index (κ1) is 9.90. The van der Waals surface area contributed by atoms with Crippen molar-refractivity contribution < 1.29 is 9.47 Å². The molecule has 1 saturated heterocycles. The highest BCUT2D eigenvalue weighted by Crippen LogP contribution is 2.31. The first-order valence-corrected chi connectivity index (χ1v) is 5.86. The Morgan fingerprint density at radius 1 is 1.44 bits per heavy atom. The van der Waals surface area contributed by atoms with Crippen molar-refractivity contribution >= 4 is 5.82 Å². The van der Waals surface area contributed by atoms with E-state index >= 15 is 0 Å². The number of aromatic nitrogens is 1. The van der Waals surface area contributed by atoms with E-state index in [-0.39, 0.29) is 0 Å². The molecule has 0 bridgehead atoms. The number of hydrogen-bond donors (Lipinski definition) is 1. The van der Waals surface area contributed by atoms with Crippen molar-refractivity contribution in [1.29, 1.82) is 0 Å². The Labute approximate surface area is 95.0 Å². The zero-order valence-corrected chi connectivity index (χ0v) is 9.24. The average Bonchev–Trinajstić information content (AvgIpc) is 2.97. The molecule has 86 valence electrons. The fourth-order valence-electron chi connectivity index (χ4n) is 2.22. The average molecular weight is 220 g/mol. The zero-order valence-electron chi connectivity index (χ0n) is 9.24. The van der Waals surface area contributed by atoms with Gasteiger partial charge in [0, 0.05) is 37.3 Å². The van der Waals surface area contributed by atoms with Gasteiger partial charge >= 0.3 is 0 Å². The number of hydrogen-bond acceptors (Lipinski definition) is 4. The van der Waals surface area contributed by atoms with Crippen molar-refractivity contribution in [3.05, 3.63) is 17.8 Å². The molecule has 4 heteroatoms. The fourth-order valence-corrected chi connectivity index (χ4v) is 2.22. The van der Waals surface area contributed by atoms with Crippen LogP contribution in [0.1, 0.15) is 12.0 Å². The number of pyridine rings is 1. The Morgan fingerprint density at radius 3 is 3.31 bits per heavy atom. The SMILES string of the molecule is c1cc2c(c(NCC3CCOC3)n1)OCC2. The van der Waals surface area contributed by atoms with Gasteiger partial charge in [0.25, 0.3) is 0 Å². The molecule has 0 radical (unpaired) electrons. The van der Waals surface area contributed by atoms with Crippen molar-refractivity contribution in [2.24, 2.45) is 5.92 Å². The normalized spacial score (nSPS) is 22.9. The highest BCUT2D eigenvalue weighted by molar-refractivity contribution is 5.56. The van der Waals surface area contributed by atoms with Crippen molar-refractivity contribution in [3.8, 4) is 5.75 Å². The number of ether oxygens (including phenoxy) is 2. The highest BCUT2D eigenvalue weighted by atomic mass is 16.5. The van der Waals surface area contributed by atoms with E-state index in [4.69, 9.17) is 9.47 Å². The monoisotopic (exact) mass is 220 g/mol. The molecular formula is C12H16N2O2. The summed E-state index contributed by atoms with van der Waals surface area (Å²) < 4.78 is 10.9. The number of nitrogens with one attached hydrogen (secondary N) is 1. The number of rotatable bonds is 3. The minimum atomic E-state index is 0.610. The molecule has 1 unspecified atom stereocenters. The summed E-state index contributed by atoms with van der Waals surface area (Å²) >= 11 is 0. The Hall–Kier alpha value is -1.29. The number of nitrogens with zero attached hydrogens (tertiary/aromatic N) is 1. The molecule has 0 spiro atoms. The summed E-state index contributed by atoms with van der Waals surface area (Å²) in [7, 11) is 0.